The normalized spacial score (nSPS) is 12.2. The zero-order valence-corrected chi connectivity index (χ0v) is 19.1. The number of hydrogen-bond acceptors (Lipinski definition) is 7. The summed E-state index contributed by atoms with van der Waals surface area (Å²) in [5, 5.41) is 9.38. The van der Waals surface area contributed by atoms with Crippen molar-refractivity contribution in [2.24, 2.45) is 16.8 Å². The maximum atomic E-state index is 12.5. The van der Waals surface area contributed by atoms with Crippen LogP contribution in [0.1, 0.15) is 43.6 Å². The Morgan fingerprint density at radius 1 is 1.16 bits per heavy atom. The molecule has 1 aromatic heterocycles. The van der Waals surface area contributed by atoms with Gasteiger partial charge < -0.3 is 14.6 Å². The molecule has 0 saturated carbocycles. The molecule has 8 nitrogen and oxygen atoms in total. The summed E-state index contributed by atoms with van der Waals surface area (Å²) in [6.07, 6.45) is 4.17. The fraction of sp³-hybridized carbons (Fsp3) is 0.318. The molecule has 0 spiro atoms. The molecule has 0 aliphatic carbocycles. The number of carboxylic acids is 1. The number of pyridine rings is 1. The number of hydrogen-bond donors (Lipinski definition) is 1. The van der Waals surface area contributed by atoms with Crippen molar-refractivity contribution in [1.29, 1.82) is 0 Å². The van der Waals surface area contributed by atoms with Gasteiger partial charge in [0.15, 0.2) is 11.5 Å². The van der Waals surface area contributed by atoms with Crippen LogP contribution in [0.5, 0.6) is 11.5 Å². The molecule has 0 fully saturated rings. The van der Waals surface area contributed by atoms with Crippen LogP contribution in [0, 0.1) is 11.8 Å². The first-order valence-electron chi connectivity index (χ1n) is 9.53. The fourth-order valence-corrected chi connectivity index (χ4v) is 2.87. The number of aliphatic imine (C=N–C) groups is 1. The highest BCUT2D eigenvalue weighted by molar-refractivity contribution is 9.10. The summed E-state index contributed by atoms with van der Waals surface area (Å²) in [5.74, 6) is -3.07. The van der Waals surface area contributed by atoms with Gasteiger partial charge in [0.2, 0.25) is 0 Å². The van der Waals surface area contributed by atoms with Gasteiger partial charge >= 0.3 is 17.9 Å². The van der Waals surface area contributed by atoms with Crippen molar-refractivity contribution >= 4 is 40.1 Å². The molecule has 1 atom stereocenters. The molecule has 1 aromatic carbocycles. The Balaban J connectivity index is 2.52. The van der Waals surface area contributed by atoms with Crippen LogP contribution in [0.4, 0.5) is 0 Å². The van der Waals surface area contributed by atoms with Crippen molar-refractivity contribution in [2.45, 2.75) is 33.7 Å². The van der Waals surface area contributed by atoms with Crippen LogP contribution >= 0.6 is 15.9 Å². The van der Waals surface area contributed by atoms with Gasteiger partial charge in [-0.15, -0.1) is 0 Å². The summed E-state index contributed by atoms with van der Waals surface area (Å²) in [5.41, 5.74) is 0.494. The lowest BCUT2D eigenvalue weighted by Gasteiger charge is -2.16. The molecule has 164 valence electrons. The third kappa shape index (κ3) is 6.71. The van der Waals surface area contributed by atoms with Gasteiger partial charge in [0.1, 0.15) is 6.04 Å². The summed E-state index contributed by atoms with van der Waals surface area (Å²) in [4.78, 5) is 44.3. The van der Waals surface area contributed by atoms with Gasteiger partial charge in [0, 0.05) is 28.6 Å². The van der Waals surface area contributed by atoms with E-state index in [2.05, 4.69) is 25.9 Å². The summed E-state index contributed by atoms with van der Waals surface area (Å²) in [6, 6.07) is 5.20. The number of nitrogens with zero attached hydrogens (tertiary/aromatic N) is 2. The van der Waals surface area contributed by atoms with E-state index in [0.29, 0.717) is 4.47 Å². The van der Waals surface area contributed by atoms with E-state index in [9.17, 15) is 19.5 Å². The summed E-state index contributed by atoms with van der Waals surface area (Å²) < 4.78 is 11.5. The molecule has 0 radical (unpaired) electrons. The highest BCUT2D eigenvalue weighted by Crippen LogP contribution is 2.35. The number of carboxylic acid groups (broad SMARTS) is 1. The largest absolute Gasteiger partial charge is 0.480 e. The molecule has 31 heavy (non-hydrogen) atoms. The zero-order chi connectivity index (χ0) is 23.1. The van der Waals surface area contributed by atoms with Crippen LogP contribution in [0.15, 0.2) is 46.1 Å². The smallest absolute Gasteiger partial charge is 0.345 e. The molecule has 0 aliphatic rings. The monoisotopic (exact) mass is 490 g/mol. The Bertz CT molecular complexity index is 989. The number of aromatic nitrogens is 1. The molecular formula is C22H23BrN2O6. The lowest BCUT2D eigenvalue weighted by atomic mass is 10.1. The number of carbonyl (C=O) groups is 3. The Morgan fingerprint density at radius 2 is 1.87 bits per heavy atom. The molecular weight excluding hydrogens is 468 g/mol. The van der Waals surface area contributed by atoms with Crippen molar-refractivity contribution in [2.75, 3.05) is 0 Å². The SMILES string of the molecule is CC(C)C(=O)Oc1c(C=NC(C(=O)O)C(C)C)cc(Br)cc1OC(=O)c1cccnc1. The van der Waals surface area contributed by atoms with E-state index in [1.54, 1.807) is 39.8 Å². The minimum atomic E-state index is -1.08. The van der Waals surface area contributed by atoms with Crippen molar-refractivity contribution in [3.05, 3.63) is 52.3 Å². The second-order valence-electron chi connectivity index (χ2n) is 7.33. The van der Waals surface area contributed by atoms with Crippen LogP contribution in [0.2, 0.25) is 0 Å². The molecule has 2 aromatic rings. The first-order chi connectivity index (χ1) is 14.6. The van der Waals surface area contributed by atoms with Crippen LogP contribution in [0.25, 0.3) is 0 Å². The van der Waals surface area contributed by atoms with E-state index in [-0.39, 0.29) is 28.5 Å². The summed E-state index contributed by atoms with van der Waals surface area (Å²) in [7, 11) is 0. The highest BCUT2D eigenvalue weighted by Gasteiger charge is 2.23. The lowest BCUT2D eigenvalue weighted by molar-refractivity contribution is -0.139. The highest BCUT2D eigenvalue weighted by atomic mass is 79.9. The standard InChI is InChI=1S/C22H23BrN2O6/c1-12(2)18(20(26)27)25-11-15-8-16(23)9-17(19(15)31-21(28)13(3)4)30-22(29)14-6-5-7-24-10-14/h5-13,18H,1-4H3,(H,26,27). The topological polar surface area (TPSA) is 115 Å². The third-order valence-corrected chi connectivity index (χ3v) is 4.54. The second-order valence-corrected chi connectivity index (χ2v) is 8.25. The van der Waals surface area contributed by atoms with Crippen molar-refractivity contribution in [1.82, 2.24) is 4.98 Å². The number of rotatable bonds is 8. The molecule has 1 N–H and O–H groups in total. The maximum Gasteiger partial charge on any atom is 0.345 e. The van der Waals surface area contributed by atoms with E-state index < -0.39 is 29.9 Å². The van der Waals surface area contributed by atoms with Gasteiger partial charge in [-0.05, 0) is 30.2 Å². The van der Waals surface area contributed by atoms with E-state index in [1.807, 2.05) is 0 Å². The number of carbonyl (C=O) groups excluding carboxylic acids is 2. The first kappa shape index (κ1) is 24.2. The average molecular weight is 491 g/mol. The van der Waals surface area contributed by atoms with Crippen molar-refractivity contribution in [3.63, 3.8) is 0 Å². The third-order valence-electron chi connectivity index (χ3n) is 4.08. The van der Waals surface area contributed by atoms with Crippen molar-refractivity contribution < 1.29 is 29.0 Å². The number of ether oxygens (including phenoxy) is 2. The number of aliphatic carboxylic acids is 1. The van der Waals surface area contributed by atoms with Crippen LogP contribution in [-0.4, -0.2) is 40.3 Å². The number of halogens is 1. The predicted octanol–water partition coefficient (Wildman–Crippen LogP) is 4.15. The Labute approximate surface area is 188 Å². The van der Waals surface area contributed by atoms with Crippen LogP contribution < -0.4 is 9.47 Å². The van der Waals surface area contributed by atoms with Gasteiger partial charge in [-0.1, -0.05) is 43.6 Å². The first-order valence-corrected chi connectivity index (χ1v) is 10.3. The molecule has 9 heteroatoms. The van der Waals surface area contributed by atoms with E-state index in [4.69, 9.17) is 9.47 Å². The van der Waals surface area contributed by atoms with Crippen molar-refractivity contribution in [3.8, 4) is 11.5 Å². The Kier molecular flexibility index (Phi) is 8.44. The molecule has 1 heterocycles. The summed E-state index contributed by atoms with van der Waals surface area (Å²) in [6.45, 7) is 6.79. The minimum absolute atomic E-state index is 0.0184. The van der Waals surface area contributed by atoms with E-state index in [1.165, 1.54) is 30.7 Å². The van der Waals surface area contributed by atoms with E-state index >= 15 is 0 Å². The van der Waals surface area contributed by atoms with Gasteiger partial charge in [0.25, 0.3) is 0 Å². The van der Waals surface area contributed by atoms with Gasteiger partial charge in [-0.2, -0.15) is 0 Å². The van der Waals surface area contributed by atoms with Gasteiger partial charge in [-0.3, -0.25) is 14.8 Å². The number of esters is 2. The quantitative estimate of drug-likeness (QED) is 0.335. The second kappa shape index (κ2) is 10.8. The molecule has 2 rings (SSSR count). The van der Waals surface area contributed by atoms with Gasteiger partial charge in [0.05, 0.1) is 11.5 Å². The lowest BCUT2D eigenvalue weighted by Crippen LogP contribution is -2.24. The molecule has 1 unspecified atom stereocenters. The van der Waals surface area contributed by atoms with Gasteiger partial charge in [-0.25, -0.2) is 9.59 Å². The zero-order valence-electron chi connectivity index (χ0n) is 17.5. The van der Waals surface area contributed by atoms with Crippen LogP contribution in [-0.2, 0) is 9.59 Å². The molecule has 0 aliphatic heterocycles. The average Bonchev–Trinajstić information content (AvgIpc) is 2.70. The minimum Gasteiger partial charge on any atom is -0.480 e. The van der Waals surface area contributed by atoms with E-state index in [0.717, 1.165) is 0 Å². The number of benzene rings is 1. The molecule has 0 bridgehead atoms. The molecule has 0 amide bonds. The summed E-state index contributed by atoms with van der Waals surface area (Å²) >= 11 is 3.33. The maximum absolute atomic E-state index is 12.5. The Hall–Kier alpha value is -3.07. The van der Waals surface area contributed by atoms with Crippen LogP contribution in [0.3, 0.4) is 0 Å². The molecule has 0 saturated heterocycles. The fourth-order valence-electron chi connectivity index (χ4n) is 2.41. The predicted molar refractivity (Wildman–Crippen MR) is 118 cm³/mol. The Morgan fingerprint density at radius 3 is 2.42 bits per heavy atom.